The molecule has 0 aliphatic rings. The number of carbonyl (C=O) groups is 1. The van der Waals surface area contributed by atoms with Crippen LogP contribution in [0.4, 0.5) is 5.13 Å². The number of nitrogens with zero attached hydrogens (tertiary/aromatic N) is 1. The lowest BCUT2D eigenvalue weighted by Gasteiger charge is -2.03. The quantitative estimate of drug-likeness (QED) is 0.805. The molecule has 0 saturated carbocycles. The molecule has 0 aliphatic carbocycles. The summed E-state index contributed by atoms with van der Waals surface area (Å²) < 4.78 is 0. The van der Waals surface area contributed by atoms with Gasteiger partial charge in [-0.2, -0.15) is 0 Å². The largest absolute Gasteiger partial charge is 0.375 e. The van der Waals surface area contributed by atoms with Crippen LogP contribution in [0.5, 0.6) is 0 Å². The van der Waals surface area contributed by atoms with Gasteiger partial charge >= 0.3 is 0 Å². The number of hydrogen-bond donors (Lipinski definition) is 2. The van der Waals surface area contributed by atoms with Crippen LogP contribution >= 0.6 is 22.7 Å². The predicted molar refractivity (Wildman–Crippen MR) is 81.5 cm³/mol. The van der Waals surface area contributed by atoms with Crippen LogP contribution < -0.4 is 11.1 Å². The summed E-state index contributed by atoms with van der Waals surface area (Å²) in [5, 5.41) is 5.43. The van der Waals surface area contributed by atoms with Crippen molar-refractivity contribution in [3.63, 3.8) is 0 Å². The van der Waals surface area contributed by atoms with E-state index in [4.69, 9.17) is 5.73 Å². The van der Waals surface area contributed by atoms with E-state index >= 15 is 0 Å². The molecule has 3 N–H and O–H groups in total. The number of hydrogen-bond acceptors (Lipinski definition) is 5. The van der Waals surface area contributed by atoms with Gasteiger partial charge in [0.15, 0.2) is 5.13 Å². The molecule has 0 aliphatic heterocycles. The lowest BCUT2D eigenvalue weighted by Crippen LogP contribution is -2.25. The fourth-order valence-corrected chi connectivity index (χ4v) is 3.36. The molecule has 2 heterocycles. The molecule has 0 fully saturated rings. The topological polar surface area (TPSA) is 68.0 Å². The SMILES string of the molecule is CCCCNC(=O)Cc1sc(N)nc1-c1cccs1. The van der Waals surface area contributed by atoms with Crippen molar-refractivity contribution in [3.8, 4) is 10.6 Å². The third-order valence-corrected chi connectivity index (χ3v) is 4.40. The lowest BCUT2D eigenvalue weighted by molar-refractivity contribution is -0.120. The molecule has 2 aromatic heterocycles. The van der Waals surface area contributed by atoms with Crippen LogP contribution in [0, 0.1) is 0 Å². The van der Waals surface area contributed by atoms with Crippen LogP contribution in [0.15, 0.2) is 17.5 Å². The second-order valence-electron chi connectivity index (χ2n) is 4.18. The number of aromatic nitrogens is 1. The van der Waals surface area contributed by atoms with E-state index in [1.54, 1.807) is 11.3 Å². The smallest absolute Gasteiger partial charge is 0.225 e. The van der Waals surface area contributed by atoms with Gasteiger partial charge in [0, 0.05) is 11.4 Å². The summed E-state index contributed by atoms with van der Waals surface area (Å²) in [6, 6.07) is 3.97. The zero-order valence-corrected chi connectivity index (χ0v) is 12.4. The fourth-order valence-electron chi connectivity index (χ4n) is 1.71. The number of nitrogens with two attached hydrogens (primary N) is 1. The minimum atomic E-state index is 0.0370. The van der Waals surface area contributed by atoms with E-state index in [0.717, 1.165) is 34.8 Å². The van der Waals surface area contributed by atoms with Crippen molar-refractivity contribution in [2.45, 2.75) is 26.2 Å². The summed E-state index contributed by atoms with van der Waals surface area (Å²) in [5.41, 5.74) is 6.61. The van der Waals surface area contributed by atoms with Gasteiger partial charge in [-0.3, -0.25) is 4.79 Å². The second-order valence-corrected chi connectivity index (χ2v) is 6.24. The van der Waals surface area contributed by atoms with Crippen molar-refractivity contribution >= 4 is 33.7 Å². The number of unbranched alkanes of at least 4 members (excludes halogenated alkanes) is 1. The molecular formula is C13H17N3OS2. The van der Waals surface area contributed by atoms with Gasteiger partial charge < -0.3 is 11.1 Å². The number of carbonyl (C=O) groups excluding carboxylic acids is 1. The lowest BCUT2D eigenvalue weighted by atomic mass is 10.2. The van der Waals surface area contributed by atoms with Crippen LogP contribution in [0.2, 0.25) is 0 Å². The third kappa shape index (κ3) is 3.78. The summed E-state index contributed by atoms with van der Waals surface area (Å²) in [6.45, 7) is 2.84. The van der Waals surface area contributed by atoms with Crippen molar-refractivity contribution in [3.05, 3.63) is 22.4 Å². The van der Waals surface area contributed by atoms with E-state index in [0.29, 0.717) is 11.6 Å². The summed E-state index contributed by atoms with van der Waals surface area (Å²) in [4.78, 5) is 18.2. The zero-order valence-electron chi connectivity index (χ0n) is 10.8. The molecule has 19 heavy (non-hydrogen) atoms. The van der Waals surface area contributed by atoms with E-state index < -0.39 is 0 Å². The molecule has 0 unspecified atom stereocenters. The van der Waals surface area contributed by atoms with E-state index in [-0.39, 0.29) is 5.91 Å². The highest BCUT2D eigenvalue weighted by Gasteiger charge is 2.15. The van der Waals surface area contributed by atoms with Gasteiger partial charge in [0.2, 0.25) is 5.91 Å². The van der Waals surface area contributed by atoms with Gasteiger partial charge in [-0.1, -0.05) is 19.4 Å². The Labute approximate surface area is 120 Å². The molecular weight excluding hydrogens is 278 g/mol. The van der Waals surface area contributed by atoms with E-state index in [2.05, 4.69) is 17.2 Å². The number of thiazole rings is 1. The average Bonchev–Trinajstić information content (AvgIpc) is 2.99. The summed E-state index contributed by atoms with van der Waals surface area (Å²) in [6.07, 6.45) is 2.44. The number of thiophene rings is 1. The Hall–Kier alpha value is -1.40. The van der Waals surface area contributed by atoms with Gasteiger partial charge in [-0.25, -0.2) is 4.98 Å². The van der Waals surface area contributed by atoms with Crippen molar-refractivity contribution < 1.29 is 4.79 Å². The van der Waals surface area contributed by atoms with E-state index in [1.807, 2.05) is 17.5 Å². The highest BCUT2D eigenvalue weighted by Crippen LogP contribution is 2.32. The maximum atomic E-state index is 11.8. The Balaban J connectivity index is 2.06. The molecule has 0 spiro atoms. The Morgan fingerprint density at radius 3 is 3.05 bits per heavy atom. The molecule has 0 radical (unpaired) electrons. The Morgan fingerprint density at radius 1 is 1.53 bits per heavy atom. The average molecular weight is 295 g/mol. The van der Waals surface area contributed by atoms with Gasteiger partial charge in [-0.05, 0) is 17.9 Å². The Bertz CT molecular complexity index is 534. The van der Waals surface area contributed by atoms with Crippen LogP contribution in [-0.4, -0.2) is 17.4 Å². The van der Waals surface area contributed by atoms with Gasteiger partial charge in [0.25, 0.3) is 0 Å². The number of nitrogen functional groups attached to an aromatic ring is 1. The number of rotatable bonds is 6. The van der Waals surface area contributed by atoms with Crippen LogP contribution in [-0.2, 0) is 11.2 Å². The molecule has 0 saturated heterocycles. The molecule has 2 rings (SSSR count). The Kier molecular flexibility index (Phi) is 4.93. The van der Waals surface area contributed by atoms with Crippen molar-refractivity contribution in [2.24, 2.45) is 0 Å². The van der Waals surface area contributed by atoms with Crippen molar-refractivity contribution in [2.75, 3.05) is 12.3 Å². The first-order valence-corrected chi connectivity index (χ1v) is 7.96. The highest BCUT2D eigenvalue weighted by molar-refractivity contribution is 7.17. The minimum Gasteiger partial charge on any atom is -0.375 e. The molecule has 2 aromatic rings. The monoisotopic (exact) mass is 295 g/mol. The molecule has 4 nitrogen and oxygen atoms in total. The maximum Gasteiger partial charge on any atom is 0.225 e. The third-order valence-electron chi connectivity index (χ3n) is 2.64. The van der Waals surface area contributed by atoms with E-state index in [1.165, 1.54) is 11.3 Å². The summed E-state index contributed by atoms with van der Waals surface area (Å²) >= 11 is 3.00. The van der Waals surface area contributed by atoms with E-state index in [9.17, 15) is 4.79 Å². The molecule has 102 valence electrons. The van der Waals surface area contributed by atoms with Crippen molar-refractivity contribution in [1.82, 2.24) is 10.3 Å². The first-order valence-electron chi connectivity index (χ1n) is 6.26. The molecule has 0 aromatic carbocycles. The van der Waals surface area contributed by atoms with Crippen molar-refractivity contribution in [1.29, 1.82) is 0 Å². The van der Waals surface area contributed by atoms with Gasteiger partial charge in [0.1, 0.15) is 0 Å². The number of anilines is 1. The molecule has 0 bridgehead atoms. The van der Waals surface area contributed by atoms with Crippen LogP contribution in [0.3, 0.4) is 0 Å². The standard InChI is InChI=1S/C13H17N3OS2/c1-2-3-6-15-11(17)8-10-12(16-13(14)19-10)9-5-4-7-18-9/h4-5,7H,2-3,6,8H2,1H3,(H2,14,16)(H,15,17). The van der Waals surface area contributed by atoms with Gasteiger partial charge in [-0.15, -0.1) is 22.7 Å². The number of nitrogens with one attached hydrogen (secondary N) is 1. The second kappa shape index (κ2) is 6.68. The van der Waals surface area contributed by atoms with Crippen LogP contribution in [0.1, 0.15) is 24.6 Å². The van der Waals surface area contributed by atoms with Gasteiger partial charge in [0.05, 0.1) is 17.0 Å². The zero-order chi connectivity index (χ0) is 13.7. The minimum absolute atomic E-state index is 0.0370. The Morgan fingerprint density at radius 2 is 2.37 bits per heavy atom. The first-order chi connectivity index (χ1) is 9.20. The molecule has 1 amide bonds. The van der Waals surface area contributed by atoms with Crippen LogP contribution in [0.25, 0.3) is 10.6 Å². The molecule has 6 heteroatoms. The highest BCUT2D eigenvalue weighted by atomic mass is 32.1. The predicted octanol–water partition coefficient (Wildman–Crippen LogP) is 2.91. The molecule has 0 atom stereocenters. The summed E-state index contributed by atoms with van der Waals surface area (Å²) in [5.74, 6) is 0.0370. The first kappa shape index (κ1) is 14.0. The fraction of sp³-hybridized carbons (Fsp3) is 0.385. The maximum absolute atomic E-state index is 11.8. The summed E-state index contributed by atoms with van der Waals surface area (Å²) in [7, 11) is 0. The normalized spacial score (nSPS) is 10.6. The number of amides is 1.